The summed E-state index contributed by atoms with van der Waals surface area (Å²) in [6.07, 6.45) is 0. The lowest BCUT2D eigenvalue weighted by atomic mass is 10.2. The van der Waals surface area contributed by atoms with E-state index in [1.807, 2.05) is 0 Å². The molecule has 0 unspecified atom stereocenters. The Morgan fingerprint density at radius 1 is 1.23 bits per heavy atom. The second-order valence-corrected chi connectivity index (χ2v) is 7.54. The van der Waals surface area contributed by atoms with Crippen LogP contribution < -0.4 is 4.90 Å². The highest BCUT2D eigenvalue weighted by Crippen LogP contribution is 2.27. The lowest BCUT2D eigenvalue weighted by molar-refractivity contribution is -0.384. The van der Waals surface area contributed by atoms with Crippen LogP contribution in [0, 0.1) is 16.0 Å². The van der Waals surface area contributed by atoms with Gasteiger partial charge in [0.2, 0.25) is 5.95 Å². The molecule has 1 aromatic heterocycles. The first-order valence-electron chi connectivity index (χ1n) is 8.66. The van der Waals surface area contributed by atoms with Gasteiger partial charge in [-0.15, -0.1) is 10.2 Å². The minimum Gasteiger partial charge on any atom is -0.378 e. The van der Waals surface area contributed by atoms with Crippen molar-refractivity contribution in [2.75, 3.05) is 31.2 Å². The Labute approximate surface area is 156 Å². The molecular formula is C17H23N5O3S. The van der Waals surface area contributed by atoms with Gasteiger partial charge in [-0.2, -0.15) is 0 Å². The number of aromatic nitrogens is 3. The fraction of sp³-hybridized carbons (Fsp3) is 0.529. The van der Waals surface area contributed by atoms with Crippen molar-refractivity contribution in [3.05, 3.63) is 39.9 Å². The van der Waals surface area contributed by atoms with Crippen molar-refractivity contribution in [2.45, 2.75) is 31.3 Å². The molecule has 1 aromatic carbocycles. The molecule has 0 N–H and O–H groups in total. The molecule has 1 fully saturated rings. The average molecular weight is 377 g/mol. The van der Waals surface area contributed by atoms with Crippen molar-refractivity contribution >= 4 is 23.4 Å². The molecule has 2 heterocycles. The maximum atomic E-state index is 10.8. The van der Waals surface area contributed by atoms with Crippen LogP contribution in [0.2, 0.25) is 0 Å². The molecule has 8 nitrogen and oxygen atoms in total. The van der Waals surface area contributed by atoms with Crippen LogP contribution in [0.15, 0.2) is 29.4 Å². The number of benzene rings is 1. The maximum absolute atomic E-state index is 10.8. The summed E-state index contributed by atoms with van der Waals surface area (Å²) in [5.74, 6) is 2.06. The Balaban J connectivity index is 1.73. The van der Waals surface area contributed by atoms with Crippen LogP contribution in [0.5, 0.6) is 0 Å². The molecular weight excluding hydrogens is 354 g/mol. The Hall–Kier alpha value is -2.13. The summed E-state index contributed by atoms with van der Waals surface area (Å²) >= 11 is 1.60. The fourth-order valence-corrected chi connectivity index (χ4v) is 3.67. The van der Waals surface area contributed by atoms with Crippen molar-refractivity contribution in [2.24, 2.45) is 5.92 Å². The molecule has 1 aliphatic heterocycles. The molecule has 0 bridgehead atoms. The summed E-state index contributed by atoms with van der Waals surface area (Å²) in [6.45, 7) is 8.26. The number of morpholine rings is 1. The number of anilines is 1. The summed E-state index contributed by atoms with van der Waals surface area (Å²) in [4.78, 5) is 12.6. The molecule has 0 spiro atoms. The molecule has 0 atom stereocenters. The van der Waals surface area contributed by atoms with Gasteiger partial charge in [0.05, 0.1) is 18.1 Å². The minimum absolute atomic E-state index is 0.108. The number of nitrogens with zero attached hydrogens (tertiary/aromatic N) is 5. The summed E-state index contributed by atoms with van der Waals surface area (Å²) in [7, 11) is 0. The van der Waals surface area contributed by atoms with E-state index in [-0.39, 0.29) is 10.6 Å². The van der Waals surface area contributed by atoms with Crippen LogP contribution in [0.4, 0.5) is 11.6 Å². The zero-order valence-electron chi connectivity index (χ0n) is 15.0. The second-order valence-electron chi connectivity index (χ2n) is 6.60. The van der Waals surface area contributed by atoms with Crippen molar-refractivity contribution < 1.29 is 9.66 Å². The summed E-state index contributed by atoms with van der Waals surface area (Å²) < 4.78 is 7.60. The number of hydrogen-bond acceptors (Lipinski definition) is 7. The van der Waals surface area contributed by atoms with Crippen LogP contribution in [0.1, 0.15) is 19.4 Å². The van der Waals surface area contributed by atoms with Crippen LogP contribution >= 0.6 is 11.8 Å². The molecule has 26 heavy (non-hydrogen) atoms. The van der Waals surface area contributed by atoms with Crippen LogP contribution in [0.3, 0.4) is 0 Å². The average Bonchev–Trinajstić information content (AvgIpc) is 3.03. The maximum Gasteiger partial charge on any atom is 0.269 e. The highest BCUT2D eigenvalue weighted by atomic mass is 32.2. The van der Waals surface area contributed by atoms with Crippen molar-refractivity contribution in [1.82, 2.24) is 14.8 Å². The van der Waals surface area contributed by atoms with E-state index in [1.165, 1.54) is 12.1 Å². The first-order chi connectivity index (χ1) is 12.5. The highest BCUT2D eigenvalue weighted by molar-refractivity contribution is 7.98. The summed E-state index contributed by atoms with van der Waals surface area (Å²) in [5, 5.41) is 20.4. The lowest BCUT2D eigenvalue weighted by Crippen LogP contribution is -2.38. The van der Waals surface area contributed by atoms with Gasteiger partial charge in [0, 0.05) is 37.5 Å². The van der Waals surface area contributed by atoms with Crippen LogP contribution in [-0.4, -0.2) is 46.0 Å². The Bertz CT molecular complexity index is 741. The highest BCUT2D eigenvalue weighted by Gasteiger charge is 2.21. The minimum atomic E-state index is -0.384. The van der Waals surface area contributed by atoms with Gasteiger partial charge in [-0.3, -0.25) is 14.7 Å². The quantitative estimate of drug-likeness (QED) is 0.416. The molecule has 3 rings (SSSR count). The Morgan fingerprint density at radius 3 is 2.54 bits per heavy atom. The molecule has 9 heteroatoms. The van der Waals surface area contributed by atoms with Gasteiger partial charge >= 0.3 is 0 Å². The summed E-state index contributed by atoms with van der Waals surface area (Å²) in [5.41, 5.74) is 1.13. The van der Waals surface area contributed by atoms with Gasteiger partial charge in [0.15, 0.2) is 5.16 Å². The van der Waals surface area contributed by atoms with E-state index in [1.54, 1.807) is 23.9 Å². The number of nitro benzene ring substituents is 1. The predicted octanol–water partition coefficient (Wildman–Crippen LogP) is 2.97. The number of rotatable bonds is 7. The molecule has 140 valence electrons. The fourth-order valence-electron chi connectivity index (χ4n) is 2.77. The zero-order valence-corrected chi connectivity index (χ0v) is 15.8. The van der Waals surface area contributed by atoms with Gasteiger partial charge in [0.1, 0.15) is 0 Å². The monoisotopic (exact) mass is 377 g/mol. The SMILES string of the molecule is CC(C)Cn1c(SCc2ccc([N+](=O)[O-])cc2)nnc1N1CCOCC1. The number of non-ortho nitro benzene ring substituents is 1. The lowest BCUT2D eigenvalue weighted by Gasteiger charge is -2.28. The van der Waals surface area contributed by atoms with Gasteiger partial charge in [-0.25, -0.2) is 0 Å². The zero-order chi connectivity index (χ0) is 18.5. The third-order valence-corrected chi connectivity index (χ3v) is 5.09. The molecule has 0 amide bonds. The molecule has 0 saturated carbocycles. The molecule has 0 radical (unpaired) electrons. The van der Waals surface area contributed by atoms with Gasteiger partial charge < -0.3 is 9.64 Å². The standard InChI is InChI=1S/C17H23N5O3S/c1-13(2)11-21-16(20-7-9-25-10-8-20)18-19-17(21)26-12-14-3-5-15(6-4-14)22(23)24/h3-6,13H,7-12H2,1-2H3. The van der Waals surface area contributed by atoms with Gasteiger partial charge in [-0.05, 0) is 11.5 Å². The van der Waals surface area contributed by atoms with E-state index in [2.05, 4.69) is 33.5 Å². The number of hydrogen-bond donors (Lipinski definition) is 0. The smallest absolute Gasteiger partial charge is 0.269 e. The number of ether oxygens (including phenoxy) is 1. The summed E-state index contributed by atoms with van der Waals surface area (Å²) in [6, 6.07) is 6.65. The van der Waals surface area contributed by atoms with E-state index in [4.69, 9.17) is 4.74 Å². The molecule has 1 aliphatic rings. The Morgan fingerprint density at radius 2 is 1.92 bits per heavy atom. The molecule has 2 aromatic rings. The van der Waals surface area contributed by atoms with Gasteiger partial charge in [0.25, 0.3) is 5.69 Å². The first-order valence-corrected chi connectivity index (χ1v) is 9.65. The molecule has 1 saturated heterocycles. The van der Waals surface area contributed by atoms with Crippen LogP contribution in [-0.2, 0) is 17.0 Å². The van der Waals surface area contributed by atoms with E-state index in [9.17, 15) is 10.1 Å². The van der Waals surface area contributed by atoms with E-state index in [0.29, 0.717) is 24.9 Å². The Kier molecular flexibility index (Phi) is 6.10. The van der Waals surface area contributed by atoms with Crippen LogP contribution in [0.25, 0.3) is 0 Å². The number of thioether (sulfide) groups is 1. The van der Waals surface area contributed by atoms with Crippen molar-refractivity contribution in [1.29, 1.82) is 0 Å². The van der Waals surface area contributed by atoms with Gasteiger partial charge in [-0.1, -0.05) is 37.7 Å². The largest absolute Gasteiger partial charge is 0.378 e. The van der Waals surface area contributed by atoms with Crippen molar-refractivity contribution in [3.8, 4) is 0 Å². The topological polar surface area (TPSA) is 86.3 Å². The van der Waals surface area contributed by atoms with Crippen molar-refractivity contribution in [3.63, 3.8) is 0 Å². The second kappa shape index (κ2) is 8.50. The third-order valence-electron chi connectivity index (χ3n) is 4.05. The first kappa shape index (κ1) is 18.7. The van der Waals surface area contributed by atoms with E-state index >= 15 is 0 Å². The molecule has 0 aliphatic carbocycles. The van der Waals surface area contributed by atoms with E-state index < -0.39 is 0 Å². The third kappa shape index (κ3) is 4.53. The predicted molar refractivity (Wildman–Crippen MR) is 101 cm³/mol. The number of nitro groups is 1. The van der Waals surface area contributed by atoms with E-state index in [0.717, 1.165) is 36.3 Å². The normalized spacial score (nSPS) is 14.8.